The lowest BCUT2D eigenvalue weighted by Crippen LogP contribution is -2.20. The number of aromatic hydroxyl groups is 1. The largest absolute Gasteiger partial charge is 0.508 e. The number of halogens is 4. The van der Waals surface area contributed by atoms with Crippen molar-refractivity contribution in [2.45, 2.75) is 60.8 Å². The minimum atomic E-state index is -0.847. The number of pyridine rings is 4. The number of rotatable bonds is 15. The lowest BCUT2D eigenvalue weighted by molar-refractivity contribution is -0.115. The Morgan fingerprint density at radius 3 is 1.29 bits per heavy atom. The molecule has 7 rings (SSSR count). The zero-order chi connectivity index (χ0) is 56.2. The Kier molecular flexibility index (Phi) is 28.5. The van der Waals surface area contributed by atoms with E-state index in [1.165, 1.54) is 77.0 Å². The van der Waals surface area contributed by atoms with Crippen LogP contribution < -0.4 is 47.3 Å². The maximum atomic E-state index is 13.8. The van der Waals surface area contributed by atoms with Crippen molar-refractivity contribution in [2.75, 3.05) is 37.9 Å². The van der Waals surface area contributed by atoms with Crippen molar-refractivity contribution in [3.05, 3.63) is 168 Å². The number of nitrogen functional groups attached to an aromatic ring is 2. The van der Waals surface area contributed by atoms with Gasteiger partial charge in [-0.3, -0.25) is 14.4 Å². The Labute approximate surface area is 449 Å². The lowest BCUT2D eigenvalue weighted by Gasteiger charge is -2.11. The molecule has 0 spiro atoms. The summed E-state index contributed by atoms with van der Waals surface area (Å²) in [4.78, 5) is 48.2. The molecule has 0 bridgehead atoms. The molecular weight excluding hydrogens is 1030 g/mol. The number of aliphatic hydroxyl groups excluding tert-OH is 2. The van der Waals surface area contributed by atoms with Gasteiger partial charge >= 0.3 is 14.1 Å². The fourth-order valence-electron chi connectivity index (χ4n) is 5.74. The number of aliphatic hydroxyl groups is 2. The molecule has 21 nitrogen and oxygen atoms in total. The molecule has 7 aromatic rings. The monoisotopic (exact) mass is 1090 g/mol. The lowest BCUT2D eigenvalue weighted by atomic mass is 9.88. The van der Waals surface area contributed by atoms with E-state index in [0.29, 0.717) is 34.8 Å². The van der Waals surface area contributed by atoms with Gasteiger partial charge in [0.05, 0.1) is 30.3 Å². The van der Waals surface area contributed by atoms with Crippen LogP contribution in [0.2, 0.25) is 13.6 Å². The summed E-state index contributed by atoms with van der Waals surface area (Å²) < 4.78 is 50.9. The van der Waals surface area contributed by atoms with Crippen molar-refractivity contribution in [3.63, 3.8) is 0 Å². The fourth-order valence-corrected chi connectivity index (χ4v) is 5.74. The molecule has 27 heteroatoms. The molecule has 0 saturated heterocycles. The first kappa shape index (κ1) is 64.4. The van der Waals surface area contributed by atoms with Gasteiger partial charge in [-0.1, -0.05) is 0 Å². The first-order chi connectivity index (χ1) is 36.1. The van der Waals surface area contributed by atoms with Gasteiger partial charge in [-0.25, -0.2) is 33.1 Å². The molecule has 0 atom stereocenters. The Balaban J connectivity index is 0.000000342. The summed E-state index contributed by atoms with van der Waals surface area (Å²) in [5.41, 5.74) is 14.3. The quantitative estimate of drug-likeness (QED) is 0.0286. The van der Waals surface area contributed by atoms with Crippen LogP contribution in [-0.4, -0.2) is 77.1 Å². The second-order valence-electron chi connectivity index (χ2n) is 15.8. The summed E-state index contributed by atoms with van der Waals surface area (Å²) in [6.45, 7) is 7.61. The molecule has 3 aromatic carbocycles. The van der Waals surface area contributed by atoms with Crippen LogP contribution in [0, 0.1) is 17.5 Å². The topological polar surface area (TPSA) is 335 Å². The van der Waals surface area contributed by atoms with E-state index < -0.39 is 31.6 Å². The van der Waals surface area contributed by atoms with Gasteiger partial charge in [0.1, 0.15) is 71.2 Å². The third kappa shape index (κ3) is 26.4. The third-order valence-corrected chi connectivity index (χ3v) is 9.00. The number of nitrogens with one attached hydrogen (secondary N) is 5. The molecule has 0 aliphatic heterocycles. The number of anilines is 7. The number of aromatic nitrogens is 4. The number of nitrogens with two attached hydrogens (primary N) is 2. The molecule has 0 fully saturated rings. The second kappa shape index (κ2) is 34.0. The molecule has 4 heterocycles. The van der Waals surface area contributed by atoms with E-state index in [-0.39, 0.29) is 79.4 Å². The Morgan fingerprint density at radius 2 is 0.909 bits per heavy atom. The first-order valence-corrected chi connectivity index (χ1v) is 22.7. The predicted molar refractivity (Wildman–Crippen MR) is 292 cm³/mol. The highest BCUT2D eigenvalue weighted by Gasteiger charge is 2.11. The van der Waals surface area contributed by atoms with Gasteiger partial charge in [-0.15, -0.1) is 12.4 Å². The number of ether oxygens (including phenoxy) is 2. The van der Waals surface area contributed by atoms with E-state index in [0.717, 1.165) is 28.3 Å². The molecular formula is C50H59B2ClF3N11O10. The van der Waals surface area contributed by atoms with Crippen LogP contribution in [0.4, 0.5) is 53.5 Å². The minimum absolute atomic E-state index is 0. The summed E-state index contributed by atoms with van der Waals surface area (Å²) in [5, 5.41) is 57.0. The molecule has 0 radical (unpaired) electrons. The van der Waals surface area contributed by atoms with Crippen molar-refractivity contribution in [1.82, 2.24) is 19.9 Å². The average Bonchev–Trinajstić information content (AvgIpc) is 3.35. The standard InChI is InChI=1S/C15H17BFN3O3.C14H14FN3O2.C8H10N2O2.C7H9BFNO2.C6H8N2O.ClH/c1-10(21)19-15-7-11(5-6-18-15)9-23-12-3-4-14(13(17)8-12)20-16(2)22;1-9(19)18-14-6-10(4-5-17-14)8-20-11-2-3-13(16)12(15)7-11;1-6(12)10-8-4-7(5-11)2-3-9-8;1-8(12)10-7-3-2-5(11)4-6(7)9;7-6-3-5(4-9)1-2-8-6;/h3-8,20,22H,9H2,1-2H3,(H,18,19,21);2-7H,8,16H2,1H3,(H,17,18,19);2-4,11H,5H2,1H3,(H,9,10,12);2-4,10-12H,1H3;1-3,9H,4H2,(H2,7,8);1H. The molecule has 0 aliphatic carbocycles. The van der Waals surface area contributed by atoms with Gasteiger partial charge in [0, 0.05) is 63.8 Å². The second-order valence-corrected chi connectivity index (χ2v) is 15.8. The summed E-state index contributed by atoms with van der Waals surface area (Å²) in [6, 6.07) is 25.8. The highest BCUT2D eigenvalue weighted by atomic mass is 35.5. The van der Waals surface area contributed by atoms with E-state index in [1.54, 1.807) is 79.3 Å². The molecule has 0 saturated carbocycles. The molecule has 0 unspecified atom stereocenters. The Morgan fingerprint density at radius 1 is 0.532 bits per heavy atom. The smallest absolute Gasteiger partial charge is 0.406 e. The maximum absolute atomic E-state index is 13.8. The van der Waals surface area contributed by atoms with Crippen LogP contribution in [0.5, 0.6) is 17.2 Å². The average molecular weight is 1090 g/mol. The van der Waals surface area contributed by atoms with Crippen molar-refractivity contribution in [3.8, 4) is 17.2 Å². The van der Waals surface area contributed by atoms with Crippen molar-refractivity contribution >= 4 is 84.6 Å². The molecule has 77 heavy (non-hydrogen) atoms. The van der Waals surface area contributed by atoms with Gasteiger partial charge in [0.25, 0.3) is 0 Å². The van der Waals surface area contributed by atoms with E-state index >= 15 is 0 Å². The van der Waals surface area contributed by atoms with Crippen LogP contribution >= 0.6 is 12.4 Å². The van der Waals surface area contributed by atoms with E-state index in [4.69, 9.17) is 41.3 Å². The van der Waals surface area contributed by atoms with Crippen molar-refractivity contribution in [1.29, 1.82) is 0 Å². The number of hydrogen-bond acceptors (Lipinski definition) is 18. The molecule has 14 N–H and O–H groups in total. The van der Waals surface area contributed by atoms with Crippen LogP contribution in [-0.2, 0) is 40.8 Å². The number of carbonyl (C=O) groups is 3. The van der Waals surface area contributed by atoms with Crippen LogP contribution in [0.15, 0.2) is 128 Å². The summed E-state index contributed by atoms with van der Waals surface area (Å²) >= 11 is 0. The number of phenols is 1. The van der Waals surface area contributed by atoms with E-state index in [9.17, 15) is 32.6 Å². The summed E-state index contributed by atoms with van der Waals surface area (Å²) in [6.07, 6.45) is 6.23. The van der Waals surface area contributed by atoms with Crippen molar-refractivity contribution < 1.29 is 62.4 Å². The number of phenolic OH excluding ortho intramolecular Hbond substituents is 1. The normalized spacial score (nSPS) is 9.71. The van der Waals surface area contributed by atoms with E-state index in [1.807, 2.05) is 0 Å². The van der Waals surface area contributed by atoms with Gasteiger partial charge < -0.3 is 72.7 Å². The highest BCUT2D eigenvalue weighted by molar-refractivity contribution is 6.53. The Bertz CT molecular complexity index is 2980. The maximum Gasteiger partial charge on any atom is 0.406 e. The van der Waals surface area contributed by atoms with Crippen LogP contribution in [0.1, 0.15) is 43.0 Å². The molecule has 0 aliphatic rings. The van der Waals surface area contributed by atoms with E-state index in [2.05, 4.69) is 46.3 Å². The number of hydrogen-bond donors (Lipinski definition) is 12. The van der Waals surface area contributed by atoms with Crippen LogP contribution in [0.25, 0.3) is 0 Å². The van der Waals surface area contributed by atoms with Gasteiger partial charge in [0.2, 0.25) is 17.7 Å². The summed E-state index contributed by atoms with van der Waals surface area (Å²) in [7, 11) is -1.66. The molecule has 408 valence electrons. The van der Waals surface area contributed by atoms with Crippen LogP contribution in [0.3, 0.4) is 0 Å². The van der Waals surface area contributed by atoms with Gasteiger partial charge in [-0.05, 0) is 121 Å². The predicted octanol–water partition coefficient (Wildman–Crippen LogP) is 6.78. The van der Waals surface area contributed by atoms with Crippen molar-refractivity contribution in [2.24, 2.45) is 0 Å². The number of benzene rings is 3. The minimum Gasteiger partial charge on any atom is -0.508 e. The number of carbonyl (C=O) groups excluding carboxylic acids is 3. The summed E-state index contributed by atoms with van der Waals surface area (Å²) in [5.74, 6) is 0.199. The Hall–Kier alpha value is -8.68. The highest BCUT2D eigenvalue weighted by Crippen LogP contribution is 2.23. The molecule has 4 aromatic heterocycles. The first-order valence-electron chi connectivity index (χ1n) is 22.7. The zero-order valence-electron chi connectivity index (χ0n) is 42.4. The number of nitrogens with zero attached hydrogens (tertiary/aromatic N) is 4. The SMILES string of the molecule is CB(O)Nc1ccc(O)cc1F.CB(O)Nc1ccc(OCc2ccnc(NC(C)=O)c2)cc1F.CC(=O)Nc1cc(CO)ccn1.CC(=O)Nc1cc(COc2ccc(N)c(F)c2)ccn1.Cl.Nc1cc(CO)ccn1. The molecule has 3 amide bonds. The van der Waals surface area contributed by atoms with Gasteiger partial charge in [0.15, 0.2) is 0 Å². The third-order valence-electron chi connectivity index (χ3n) is 9.00. The van der Waals surface area contributed by atoms with Gasteiger partial charge in [-0.2, -0.15) is 0 Å². The zero-order valence-corrected chi connectivity index (χ0v) is 43.2. The fraction of sp³-hybridized carbons (Fsp3) is 0.180. The number of amides is 3.